The Morgan fingerprint density at radius 2 is 2.26 bits per heavy atom. The first-order valence-corrected chi connectivity index (χ1v) is 5.78. The molecule has 0 radical (unpaired) electrons. The van der Waals surface area contributed by atoms with Gasteiger partial charge in [-0.2, -0.15) is 4.98 Å². The van der Waals surface area contributed by atoms with Crippen molar-refractivity contribution in [3.8, 4) is 11.4 Å². The van der Waals surface area contributed by atoms with Gasteiger partial charge in [0.05, 0.1) is 0 Å². The second kappa shape index (κ2) is 4.64. The molecule has 6 heteroatoms. The van der Waals surface area contributed by atoms with Crippen LogP contribution in [0.3, 0.4) is 0 Å². The van der Waals surface area contributed by atoms with Crippen molar-refractivity contribution in [3.63, 3.8) is 0 Å². The van der Waals surface area contributed by atoms with Crippen LogP contribution in [0.25, 0.3) is 11.4 Å². The molecule has 0 aliphatic heterocycles. The van der Waals surface area contributed by atoms with E-state index < -0.39 is 0 Å². The van der Waals surface area contributed by atoms with Crippen LogP contribution in [0.1, 0.15) is 11.7 Å². The summed E-state index contributed by atoms with van der Waals surface area (Å²) >= 11 is 0. The fourth-order valence-corrected chi connectivity index (χ4v) is 1.78. The molecule has 0 amide bonds. The van der Waals surface area contributed by atoms with Gasteiger partial charge in [-0.1, -0.05) is 17.3 Å². The minimum Gasteiger partial charge on any atom is -0.337 e. The molecular formula is C13H11FN4O. The summed E-state index contributed by atoms with van der Waals surface area (Å²) in [5, 5.41) is 3.85. The summed E-state index contributed by atoms with van der Waals surface area (Å²) in [5.74, 6) is 1.38. The van der Waals surface area contributed by atoms with Crippen molar-refractivity contribution >= 4 is 0 Å². The van der Waals surface area contributed by atoms with Crippen LogP contribution in [0.2, 0.25) is 0 Å². The molecule has 0 spiro atoms. The second-order valence-corrected chi connectivity index (χ2v) is 4.12. The molecule has 0 bridgehead atoms. The molecule has 1 aromatic carbocycles. The molecule has 96 valence electrons. The summed E-state index contributed by atoms with van der Waals surface area (Å²) in [5.41, 5.74) is 0.595. The van der Waals surface area contributed by atoms with Gasteiger partial charge >= 0.3 is 0 Å². The molecule has 0 atom stereocenters. The van der Waals surface area contributed by atoms with Crippen molar-refractivity contribution in [1.82, 2.24) is 19.7 Å². The van der Waals surface area contributed by atoms with Crippen molar-refractivity contribution in [2.75, 3.05) is 0 Å². The SMILES string of the molecule is Cc1nccn1Cc1nc(-c2cccc(F)c2)no1. The summed E-state index contributed by atoms with van der Waals surface area (Å²) in [6.45, 7) is 2.35. The number of nitrogens with zero attached hydrogens (tertiary/aromatic N) is 4. The van der Waals surface area contributed by atoms with Crippen molar-refractivity contribution in [3.05, 3.63) is 54.2 Å². The Morgan fingerprint density at radius 1 is 1.37 bits per heavy atom. The van der Waals surface area contributed by atoms with E-state index in [1.165, 1.54) is 12.1 Å². The van der Waals surface area contributed by atoms with Gasteiger partial charge in [0.1, 0.15) is 18.2 Å². The Labute approximate surface area is 108 Å². The number of hydrogen-bond acceptors (Lipinski definition) is 4. The van der Waals surface area contributed by atoms with E-state index in [-0.39, 0.29) is 5.82 Å². The molecule has 19 heavy (non-hydrogen) atoms. The van der Waals surface area contributed by atoms with Crippen LogP contribution < -0.4 is 0 Å². The minimum absolute atomic E-state index is 0.325. The van der Waals surface area contributed by atoms with E-state index in [0.29, 0.717) is 23.8 Å². The largest absolute Gasteiger partial charge is 0.337 e. The molecule has 0 saturated heterocycles. The Hall–Kier alpha value is -2.50. The predicted octanol–water partition coefficient (Wildman–Crippen LogP) is 2.43. The number of benzene rings is 1. The third-order valence-corrected chi connectivity index (χ3v) is 2.78. The van der Waals surface area contributed by atoms with Crippen LogP contribution in [-0.4, -0.2) is 19.7 Å². The van der Waals surface area contributed by atoms with Crippen molar-refractivity contribution in [1.29, 1.82) is 0 Å². The van der Waals surface area contributed by atoms with Gasteiger partial charge in [-0.25, -0.2) is 9.37 Å². The molecule has 0 N–H and O–H groups in total. The Morgan fingerprint density at radius 3 is 3.00 bits per heavy atom. The van der Waals surface area contributed by atoms with Gasteiger partial charge in [0.25, 0.3) is 0 Å². The quantitative estimate of drug-likeness (QED) is 0.724. The smallest absolute Gasteiger partial charge is 0.246 e. The number of aryl methyl sites for hydroxylation is 1. The third-order valence-electron chi connectivity index (χ3n) is 2.78. The molecule has 0 aliphatic carbocycles. The molecule has 0 aliphatic rings. The fraction of sp³-hybridized carbons (Fsp3) is 0.154. The maximum atomic E-state index is 13.1. The molecule has 5 nitrogen and oxygen atoms in total. The van der Waals surface area contributed by atoms with Crippen molar-refractivity contribution in [2.24, 2.45) is 0 Å². The van der Waals surface area contributed by atoms with Gasteiger partial charge in [0, 0.05) is 18.0 Å². The first-order valence-electron chi connectivity index (χ1n) is 5.78. The zero-order valence-electron chi connectivity index (χ0n) is 10.2. The highest BCUT2D eigenvalue weighted by molar-refractivity contribution is 5.53. The van der Waals surface area contributed by atoms with Crippen LogP contribution in [0.5, 0.6) is 0 Å². The highest BCUT2D eigenvalue weighted by atomic mass is 19.1. The molecular weight excluding hydrogens is 247 g/mol. The monoisotopic (exact) mass is 258 g/mol. The summed E-state index contributed by atoms with van der Waals surface area (Å²) in [7, 11) is 0. The first-order chi connectivity index (χ1) is 9.22. The molecule has 2 heterocycles. The molecule has 3 rings (SSSR count). The lowest BCUT2D eigenvalue weighted by Gasteiger charge is -1.98. The van der Waals surface area contributed by atoms with E-state index in [0.717, 1.165) is 5.82 Å². The van der Waals surface area contributed by atoms with E-state index in [2.05, 4.69) is 15.1 Å². The van der Waals surface area contributed by atoms with Crippen LogP contribution in [0, 0.1) is 12.7 Å². The van der Waals surface area contributed by atoms with Crippen molar-refractivity contribution < 1.29 is 8.91 Å². The molecule has 0 saturated carbocycles. The van der Waals surface area contributed by atoms with Gasteiger partial charge in [-0.15, -0.1) is 0 Å². The normalized spacial score (nSPS) is 10.8. The lowest BCUT2D eigenvalue weighted by molar-refractivity contribution is 0.370. The maximum absolute atomic E-state index is 13.1. The van der Waals surface area contributed by atoms with E-state index in [1.807, 2.05) is 17.7 Å². The van der Waals surface area contributed by atoms with Crippen LogP contribution in [-0.2, 0) is 6.54 Å². The average Bonchev–Trinajstić information content (AvgIpc) is 3.00. The fourth-order valence-electron chi connectivity index (χ4n) is 1.78. The maximum Gasteiger partial charge on any atom is 0.246 e. The minimum atomic E-state index is -0.325. The average molecular weight is 258 g/mol. The van der Waals surface area contributed by atoms with Gasteiger partial charge in [-0.3, -0.25) is 0 Å². The summed E-state index contributed by atoms with van der Waals surface area (Å²) < 4.78 is 20.2. The van der Waals surface area contributed by atoms with Crippen molar-refractivity contribution in [2.45, 2.75) is 13.5 Å². The number of imidazole rings is 1. The van der Waals surface area contributed by atoms with E-state index in [1.54, 1.807) is 18.3 Å². The van der Waals surface area contributed by atoms with E-state index in [4.69, 9.17) is 4.52 Å². The third kappa shape index (κ3) is 2.37. The van der Waals surface area contributed by atoms with Gasteiger partial charge in [0.2, 0.25) is 11.7 Å². The van der Waals surface area contributed by atoms with Crippen LogP contribution >= 0.6 is 0 Å². The van der Waals surface area contributed by atoms with Gasteiger partial charge < -0.3 is 9.09 Å². The van der Waals surface area contributed by atoms with E-state index in [9.17, 15) is 4.39 Å². The number of halogens is 1. The first kappa shape index (κ1) is 11.6. The van der Waals surface area contributed by atoms with Crippen LogP contribution in [0.15, 0.2) is 41.2 Å². The topological polar surface area (TPSA) is 56.7 Å². The summed E-state index contributed by atoms with van der Waals surface area (Å²) in [6.07, 6.45) is 3.54. The molecule has 0 unspecified atom stereocenters. The Bertz CT molecular complexity index is 704. The zero-order valence-corrected chi connectivity index (χ0v) is 10.2. The Kier molecular flexibility index (Phi) is 2.83. The zero-order chi connectivity index (χ0) is 13.2. The summed E-state index contributed by atoms with van der Waals surface area (Å²) in [4.78, 5) is 8.36. The summed E-state index contributed by atoms with van der Waals surface area (Å²) in [6, 6.07) is 6.09. The lowest BCUT2D eigenvalue weighted by Crippen LogP contribution is -2.00. The highest BCUT2D eigenvalue weighted by Crippen LogP contribution is 2.17. The molecule has 0 fully saturated rings. The number of rotatable bonds is 3. The number of hydrogen-bond donors (Lipinski definition) is 0. The van der Waals surface area contributed by atoms with Gasteiger partial charge in [0.15, 0.2) is 0 Å². The molecule has 2 aromatic heterocycles. The standard InChI is InChI=1S/C13H11FN4O/c1-9-15-5-6-18(9)8-12-16-13(17-19-12)10-3-2-4-11(14)7-10/h2-7H,8H2,1H3. The van der Waals surface area contributed by atoms with Gasteiger partial charge in [-0.05, 0) is 19.1 Å². The predicted molar refractivity (Wildman–Crippen MR) is 65.8 cm³/mol. The highest BCUT2D eigenvalue weighted by Gasteiger charge is 2.10. The second-order valence-electron chi connectivity index (χ2n) is 4.12. The Balaban J connectivity index is 1.86. The van der Waals surface area contributed by atoms with E-state index >= 15 is 0 Å². The van der Waals surface area contributed by atoms with Crippen LogP contribution in [0.4, 0.5) is 4.39 Å². The lowest BCUT2D eigenvalue weighted by atomic mass is 10.2. The number of aromatic nitrogens is 4. The molecule has 3 aromatic rings.